The zero-order chi connectivity index (χ0) is 40.7. The van der Waals surface area contributed by atoms with Crippen molar-refractivity contribution in [2.75, 3.05) is 41.0 Å². The van der Waals surface area contributed by atoms with E-state index in [1.54, 1.807) is 21.1 Å². The fourth-order valence-corrected chi connectivity index (χ4v) is 6.50. The van der Waals surface area contributed by atoms with Crippen LogP contribution in [0.3, 0.4) is 0 Å². The highest BCUT2D eigenvalue weighted by molar-refractivity contribution is 5.70. The van der Waals surface area contributed by atoms with Crippen LogP contribution in [0.15, 0.2) is 36.5 Å². The third-order valence-electron chi connectivity index (χ3n) is 10.0. The first-order valence-corrected chi connectivity index (χ1v) is 22.5. The molecule has 0 saturated heterocycles. The molecular weight excluding hydrogens is 691 g/mol. The van der Waals surface area contributed by atoms with E-state index < -0.39 is 18.1 Å². The average molecular weight is 776 g/mol. The normalized spacial score (nSPS) is 13.3. The molecule has 0 fully saturated rings. The van der Waals surface area contributed by atoms with Gasteiger partial charge in [-0.05, 0) is 57.8 Å². The van der Waals surface area contributed by atoms with Gasteiger partial charge in [-0.25, -0.2) is 0 Å². The Morgan fingerprint density at radius 3 is 1.51 bits per heavy atom. The van der Waals surface area contributed by atoms with E-state index in [1.165, 1.54) is 89.9 Å². The summed E-state index contributed by atoms with van der Waals surface area (Å²) < 4.78 is 17.1. The molecular formula is C47H85NO7. The number of carbonyl (C=O) groups is 3. The molecule has 0 radical (unpaired) electrons. The van der Waals surface area contributed by atoms with E-state index in [9.17, 15) is 19.5 Å². The minimum Gasteiger partial charge on any atom is -0.544 e. The number of hydrogen-bond acceptors (Lipinski definition) is 7. The van der Waals surface area contributed by atoms with Crippen molar-refractivity contribution in [1.82, 2.24) is 0 Å². The molecule has 2 atom stereocenters. The lowest BCUT2D eigenvalue weighted by atomic mass is 10.0. The monoisotopic (exact) mass is 776 g/mol. The number of carboxylic acid groups (broad SMARTS) is 1. The minimum atomic E-state index is -1.13. The first-order chi connectivity index (χ1) is 26.6. The molecule has 55 heavy (non-hydrogen) atoms. The van der Waals surface area contributed by atoms with Gasteiger partial charge in [0.1, 0.15) is 12.6 Å². The number of esters is 2. The Morgan fingerprint density at radius 1 is 0.564 bits per heavy atom. The largest absolute Gasteiger partial charge is 0.544 e. The van der Waals surface area contributed by atoms with Crippen molar-refractivity contribution in [3.05, 3.63) is 36.5 Å². The molecule has 0 spiro atoms. The van der Waals surface area contributed by atoms with Crippen LogP contribution in [0, 0.1) is 0 Å². The van der Waals surface area contributed by atoms with Gasteiger partial charge in [-0.3, -0.25) is 9.59 Å². The fourth-order valence-electron chi connectivity index (χ4n) is 6.50. The van der Waals surface area contributed by atoms with E-state index in [2.05, 4.69) is 50.3 Å². The van der Waals surface area contributed by atoms with Crippen LogP contribution in [0.5, 0.6) is 0 Å². The molecule has 8 nitrogen and oxygen atoms in total. The van der Waals surface area contributed by atoms with Gasteiger partial charge in [0.2, 0.25) is 0 Å². The van der Waals surface area contributed by atoms with Gasteiger partial charge in [0.05, 0.1) is 40.3 Å². The Labute approximate surface area is 338 Å². The highest BCUT2D eigenvalue weighted by atomic mass is 16.6. The van der Waals surface area contributed by atoms with Crippen molar-refractivity contribution in [2.24, 2.45) is 0 Å². The molecule has 8 heteroatoms. The molecule has 2 unspecified atom stereocenters. The van der Waals surface area contributed by atoms with Gasteiger partial charge in [-0.2, -0.15) is 0 Å². The van der Waals surface area contributed by atoms with Crippen molar-refractivity contribution < 1.29 is 38.2 Å². The van der Waals surface area contributed by atoms with E-state index in [0.29, 0.717) is 12.8 Å². The van der Waals surface area contributed by atoms with Crippen LogP contribution in [0.1, 0.15) is 194 Å². The summed E-state index contributed by atoms with van der Waals surface area (Å²) in [4.78, 5) is 36.8. The molecule has 0 amide bonds. The highest BCUT2D eigenvalue weighted by Gasteiger charge is 2.25. The Balaban J connectivity index is 4.19. The predicted molar refractivity (Wildman–Crippen MR) is 227 cm³/mol. The second kappa shape index (κ2) is 38.4. The third-order valence-corrected chi connectivity index (χ3v) is 10.0. The lowest BCUT2D eigenvalue weighted by molar-refractivity contribution is -0.889. The number of ether oxygens (including phenoxy) is 3. The maximum Gasteiger partial charge on any atom is 0.306 e. The fraction of sp³-hybridized carbons (Fsp3) is 0.809. The Hall–Kier alpha value is -2.45. The van der Waals surface area contributed by atoms with Gasteiger partial charge in [-0.1, -0.05) is 153 Å². The second-order valence-electron chi connectivity index (χ2n) is 16.3. The summed E-state index contributed by atoms with van der Waals surface area (Å²) in [6.45, 7) is 4.51. The van der Waals surface area contributed by atoms with Crippen LogP contribution in [-0.2, 0) is 28.6 Å². The molecule has 0 aliphatic heterocycles. The number of nitrogens with zero attached hydrogens (tertiary/aromatic N) is 1. The lowest BCUT2D eigenvalue weighted by Crippen LogP contribution is -2.55. The number of aliphatic carboxylic acids is 1. The van der Waals surface area contributed by atoms with Gasteiger partial charge in [0.25, 0.3) is 0 Å². The molecule has 0 aromatic rings. The van der Waals surface area contributed by atoms with Crippen LogP contribution >= 0.6 is 0 Å². The Kier molecular flexibility index (Phi) is 36.7. The van der Waals surface area contributed by atoms with E-state index in [1.807, 2.05) is 0 Å². The van der Waals surface area contributed by atoms with Crippen LogP contribution in [0.2, 0.25) is 0 Å². The number of rotatable bonds is 40. The van der Waals surface area contributed by atoms with E-state index in [4.69, 9.17) is 14.2 Å². The summed E-state index contributed by atoms with van der Waals surface area (Å²) >= 11 is 0. The number of carboxylic acids is 1. The quantitative estimate of drug-likeness (QED) is 0.0264. The molecule has 0 aliphatic rings. The number of unbranched alkanes of at least 4 members (excludes halogenated alkanes) is 20. The van der Waals surface area contributed by atoms with Gasteiger partial charge in [0, 0.05) is 19.3 Å². The van der Waals surface area contributed by atoms with E-state index in [0.717, 1.165) is 70.6 Å². The van der Waals surface area contributed by atoms with Gasteiger partial charge in [0.15, 0.2) is 6.10 Å². The van der Waals surface area contributed by atoms with E-state index >= 15 is 0 Å². The summed E-state index contributed by atoms with van der Waals surface area (Å²) in [5, 5.41) is 11.6. The number of quaternary nitrogens is 1. The zero-order valence-electron chi connectivity index (χ0n) is 36.3. The third kappa shape index (κ3) is 36.9. The number of carbonyl (C=O) groups excluding carboxylic acids is 3. The molecule has 320 valence electrons. The summed E-state index contributed by atoms with van der Waals surface area (Å²) in [6.07, 6.45) is 43.2. The molecule has 0 aromatic heterocycles. The van der Waals surface area contributed by atoms with Gasteiger partial charge >= 0.3 is 11.9 Å². The molecule has 0 heterocycles. The van der Waals surface area contributed by atoms with Crippen molar-refractivity contribution in [2.45, 2.75) is 206 Å². The second-order valence-corrected chi connectivity index (χ2v) is 16.3. The molecule has 0 aromatic carbocycles. The molecule has 0 saturated carbocycles. The van der Waals surface area contributed by atoms with Gasteiger partial charge < -0.3 is 28.6 Å². The number of hydrogen-bond donors (Lipinski definition) is 0. The lowest BCUT2D eigenvalue weighted by Gasteiger charge is -2.34. The van der Waals surface area contributed by atoms with Crippen LogP contribution < -0.4 is 5.11 Å². The summed E-state index contributed by atoms with van der Waals surface area (Å²) in [7, 11) is 5.40. The average Bonchev–Trinajstić information content (AvgIpc) is 3.14. The summed E-state index contributed by atoms with van der Waals surface area (Å²) in [6, 6.07) is -0.725. The highest BCUT2D eigenvalue weighted by Crippen LogP contribution is 2.15. The predicted octanol–water partition coefficient (Wildman–Crippen LogP) is 10.9. The summed E-state index contributed by atoms with van der Waals surface area (Å²) in [5.41, 5.74) is 0. The minimum absolute atomic E-state index is 0.0378. The van der Waals surface area contributed by atoms with Gasteiger partial charge in [-0.15, -0.1) is 0 Å². The van der Waals surface area contributed by atoms with Crippen molar-refractivity contribution >= 4 is 17.9 Å². The maximum absolute atomic E-state index is 12.6. The molecule has 0 rings (SSSR count). The molecule has 0 aliphatic carbocycles. The van der Waals surface area contributed by atoms with Crippen LogP contribution in [0.4, 0.5) is 0 Å². The standard InChI is InChI=1S/C47H85NO7/c1-6-8-10-12-14-16-18-19-20-21-22-23-24-25-26-27-28-30-31-33-35-37-45(49)54-42-43(41-53-40-39-44(47(51)52)48(3,4)5)55-46(50)38-36-34-32-29-17-15-13-11-9-7-2/h8,10,13-16,43-44H,6-7,9,11-12,17-42H2,1-5H3/b10-8+,15-13+,16-14+. The molecule has 0 N–H and O–H groups in total. The Bertz CT molecular complexity index is 1000. The van der Waals surface area contributed by atoms with Crippen LogP contribution in [-0.4, -0.2) is 75.5 Å². The first-order valence-electron chi connectivity index (χ1n) is 22.5. The van der Waals surface area contributed by atoms with Crippen molar-refractivity contribution in [3.63, 3.8) is 0 Å². The van der Waals surface area contributed by atoms with E-state index in [-0.39, 0.29) is 42.7 Å². The maximum atomic E-state index is 12.6. The van der Waals surface area contributed by atoms with Crippen molar-refractivity contribution in [3.8, 4) is 0 Å². The number of allylic oxidation sites excluding steroid dienone is 6. The van der Waals surface area contributed by atoms with Crippen LogP contribution in [0.25, 0.3) is 0 Å². The topological polar surface area (TPSA) is 102 Å². The SMILES string of the molecule is CC/C=C/C/C=C/CCCCCCCCCCCCCCCCC(=O)OCC(COCCC(C(=O)[O-])[N+](C)(C)C)OC(=O)CCCCCC/C=C/CCCC. The number of likely N-dealkylation sites (N-methyl/N-ethyl adjacent to an activating group) is 1. The van der Waals surface area contributed by atoms with Crippen molar-refractivity contribution in [1.29, 1.82) is 0 Å². The summed E-state index contributed by atoms with van der Waals surface area (Å²) in [5.74, 6) is -1.75. The smallest absolute Gasteiger partial charge is 0.306 e. The zero-order valence-corrected chi connectivity index (χ0v) is 36.3. The Morgan fingerprint density at radius 2 is 1.02 bits per heavy atom. The molecule has 0 bridgehead atoms. The first kappa shape index (κ1) is 52.6.